The Labute approximate surface area is 91.5 Å². The molecule has 15 heavy (non-hydrogen) atoms. The molecule has 1 N–H and O–H groups in total. The predicted octanol–water partition coefficient (Wildman–Crippen LogP) is 1.69. The highest BCUT2D eigenvalue weighted by Crippen LogP contribution is 2.21. The number of rotatable bonds is 5. The molecule has 1 aromatic rings. The zero-order chi connectivity index (χ0) is 10.5. The van der Waals surface area contributed by atoms with Gasteiger partial charge in [-0.05, 0) is 31.4 Å². The number of hydrogen-bond acceptors (Lipinski definition) is 2. The molecule has 0 bridgehead atoms. The molecule has 0 aromatic heterocycles. The maximum absolute atomic E-state index is 8.78. The van der Waals surface area contributed by atoms with Gasteiger partial charge in [0.05, 0.1) is 0 Å². The maximum Gasteiger partial charge on any atom is 0.0443 e. The van der Waals surface area contributed by atoms with E-state index in [9.17, 15) is 0 Å². The van der Waals surface area contributed by atoms with Crippen molar-refractivity contribution < 1.29 is 5.11 Å². The molecule has 0 amide bonds. The summed E-state index contributed by atoms with van der Waals surface area (Å²) in [4.78, 5) is 2.48. The van der Waals surface area contributed by atoms with Gasteiger partial charge in [-0.1, -0.05) is 30.3 Å². The second kappa shape index (κ2) is 5.29. The molecule has 2 heteroatoms. The summed E-state index contributed by atoms with van der Waals surface area (Å²) in [6.45, 7) is 2.57. The Morgan fingerprint density at radius 1 is 1.27 bits per heavy atom. The van der Waals surface area contributed by atoms with Gasteiger partial charge >= 0.3 is 0 Å². The van der Waals surface area contributed by atoms with Crippen LogP contribution in [0.3, 0.4) is 0 Å². The second-order valence-electron chi connectivity index (χ2n) is 4.25. The van der Waals surface area contributed by atoms with Crippen molar-refractivity contribution >= 4 is 0 Å². The summed E-state index contributed by atoms with van der Waals surface area (Å²) in [5.41, 5.74) is 1.43. The lowest BCUT2D eigenvalue weighted by molar-refractivity contribution is 0.0822. The van der Waals surface area contributed by atoms with E-state index in [1.54, 1.807) is 0 Å². The number of aliphatic hydroxyl groups is 1. The smallest absolute Gasteiger partial charge is 0.0443 e. The Morgan fingerprint density at radius 2 is 2.07 bits per heavy atom. The summed E-state index contributed by atoms with van der Waals surface area (Å²) in [5, 5.41) is 8.78. The molecule has 1 heterocycles. The Balaban J connectivity index is 1.80. The quantitative estimate of drug-likeness (QED) is 0.790. The van der Waals surface area contributed by atoms with Gasteiger partial charge in [-0.2, -0.15) is 0 Å². The van der Waals surface area contributed by atoms with Crippen molar-refractivity contribution in [1.82, 2.24) is 4.90 Å². The fourth-order valence-corrected chi connectivity index (χ4v) is 2.18. The normalized spacial score (nSPS) is 21.3. The predicted molar refractivity (Wildman–Crippen MR) is 61.8 cm³/mol. The third-order valence-electron chi connectivity index (χ3n) is 3.18. The first-order valence-corrected chi connectivity index (χ1v) is 5.79. The van der Waals surface area contributed by atoms with Gasteiger partial charge in [0.1, 0.15) is 0 Å². The molecular weight excluding hydrogens is 186 g/mol. The molecule has 2 rings (SSSR count). The fourth-order valence-electron chi connectivity index (χ4n) is 2.18. The van der Waals surface area contributed by atoms with Crippen LogP contribution in [0.4, 0.5) is 0 Å². The van der Waals surface area contributed by atoms with Crippen LogP contribution < -0.4 is 0 Å². The van der Waals surface area contributed by atoms with E-state index in [1.165, 1.54) is 18.5 Å². The van der Waals surface area contributed by atoms with E-state index in [0.717, 1.165) is 19.4 Å². The molecule has 1 aliphatic rings. The molecule has 1 saturated heterocycles. The molecular formula is C13H19NO. The van der Waals surface area contributed by atoms with Crippen molar-refractivity contribution in [2.75, 3.05) is 19.7 Å². The number of hydrogen-bond donors (Lipinski definition) is 1. The van der Waals surface area contributed by atoms with E-state index < -0.39 is 0 Å². The molecule has 1 fully saturated rings. The first-order valence-electron chi connectivity index (χ1n) is 5.79. The Hall–Kier alpha value is -0.860. The van der Waals surface area contributed by atoms with Crippen molar-refractivity contribution in [3.63, 3.8) is 0 Å². The second-order valence-corrected chi connectivity index (χ2v) is 4.25. The van der Waals surface area contributed by atoms with Crippen LogP contribution in [0.5, 0.6) is 0 Å². The number of nitrogens with zero attached hydrogens (tertiary/aromatic N) is 1. The van der Waals surface area contributed by atoms with Crippen LogP contribution in [-0.4, -0.2) is 35.7 Å². The van der Waals surface area contributed by atoms with Crippen LogP contribution in [0, 0.1) is 0 Å². The highest BCUT2D eigenvalue weighted by atomic mass is 16.3. The van der Waals surface area contributed by atoms with E-state index in [4.69, 9.17) is 5.11 Å². The molecule has 1 aromatic carbocycles. The van der Waals surface area contributed by atoms with Gasteiger partial charge in [-0.25, -0.2) is 0 Å². The molecule has 0 spiro atoms. The third kappa shape index (κ3) is 2.80. The summed E-state index contributed by atoms with van der Waals surface area (Å²) in [5.74, 6) is 0. The summed E-state index contributed by atoms with van der Waals surface area (Å²) in [6, 6.07) is 11.4. The average molecular weight is 205 g/mol. The fraction of sp³-hybridized carbons (Fsp3) is 0.538. The Bertz CT molecular complexity index is 286. The van der Waals surface area contributed by atoms with Gasteiger partial charge in [0, 0.05) is 19.2 Å². The Morgan fingerprint density at radius 3 is 2.67 bits per heavy atom. The molecule has 1 aliphatic heterocycles. The summed E-state index contributed by atoms with van der Waals surface area (Å²) >= 11 is 0. The van der Waals surface area contributed by atoms with Crippen molar-refractivity contribution in [3.05, 3.63) is 35.9 Å². The van der Waals surface area contributed by atoms with Crippen molar-refractivity contribution in [3.8, 4) is 0 Å². The molecule has 0 aliphatic carbocycles. The lowest BCUT2D eigenvalue weighted by Gasteiger charge is -2.41. The largest absolute Gasteiger partial charge is 0.396 e. The minimum absolute atomic E-state index is 0.314. The lowest BCUT2D eigenvalue weighted by Crippen LogP contribution is -2.49. The van der Waals surface area contributed by atoms with Crippen molar-refractivity contribution in [1.29, 1.82) is 0 Å². The summed E-state index contributed by atoms with van der Waals surface area (Å²) in [7, 11) is 0. The third-order valence-corrected chi connectivity index (χ3v) is 3.18. The van der Waals surface area contributed by atoms with Gasteiger partial charge in [0.2, 0.25) is 0 Å². The molecule has 82 valence electrons. The first kappa shape index (κ1) is 10.7. The van der Waals surface area contributed by atoms with E-state index >= 15 is 0 Å². The molecule has 2 nitrogen and oxygen atoms in total. The number of benzene rings is 1. The standard InChI is InChI=1S/C13H19NO/c15-10-4-8-14-9-7-13(14)11-12-5-2-1-3-6-12/h1-3,5-6,13,15H,4,7-11H2. The summed E-state index contributed by atoms with van der Waals surface area (Å²) < 4.78 is 0. The van der Waals surface area contributed by atoms with Gasteiger partial charge < -0.3 is 5.11 Å². The maximum atomic E-state index is 8.78. The van der Waals surface area contributed by atoms with Crippen LogP contribution >= 0.6 is 0 Å². The van der Waals surface area contributed by atoms with Crippen LogP contribution in [0.2, 0.25) is 0 Å². The lowest BCUT2D eigenvalue weighted by atomic mass is 9.95. The zero-order valence-corrected chi connectivity index (χ0v) is 9.10. The monoisotopic (exact) mass is 205 g/mol. The topological polar surface area (TPSA) is 23.5 Å². The molecule has 0 radical (unpaired) electrons. The van der Waals surface area contributed by atoms with Gasteiger partial charge in [-0.3, -0.25) is 4.90 Å². The van der Waals surface area contributed by atoms with E-state index in [0.29, 0.717) is 12.6 Å². The highest BCUT2D eigenvalue weighted by molar-refractivity contribution is 5.16. The minimum atomic E-state index is 0.314. The SMILES string of the molecule is OCCCN1CCC1Cc1ccccc1. The van der Waals surface area contributed by atoms with Gasteiger partial charge in [0.25, 0.3) is 0 Å². The molecule has 1 unspecified atom stereocenters. The van der Waals surface area contributed by atoms with Gasteiger partial charge in [0.15, 0.2) is 0 Å². The van der Waals surface area contributed by atoms with Crippen LogP contribution in [0.15, 0.2) is 30.3 Å². The zero-order valence-electron chi connectivity index (χ0n) is 9.10. The van der Waals surface area contributed by atoms with Crippen LogP contribution in [-0.2, 0) is 6.42 Å². The van der Waals surface area contributed by atoms with Crippen LogP contribution in [0.1, 0.15) is 18.4 Å². The summed E-state index contributed by atoms with van der Waals surface area (Å²) in [6.07, 6.45) is 3.37. The first-order chi connectivity index (χ1) is 7.40. The molecule has 1 atom stereocenters. The highest BCUT2D eigenvalue weighted by Gasteiger charge is 2.26. The molecule has 0 saturated carbocycles. The minimum Gasteiger partial charge on any atom is -0.396 e. The number of aliphatic hydroxyl groups excluding tert-OH is 1. The van der Waals surface area contributed by atoms with E-state index in [-0.39, 0.29) is 0 Å². The Kier molecular flexibility index (Phi) is 3.75. The van der Waals surface area contributed by atoms with Gasteiger partial charge in [-0.15, -0.1) is 0 Å². The van der Waals surface area contributed by atoms with E-state index in [2.05, 4.69) is 35.2 Å². The average Bonchev–Trinajstić information content (AvgIpc) is 2.26. The van der Waals surface area contributed by atoms with E-state index in [1.807, 2.05) is 0 Å². The number of likely N-dealkylation sites (tertiary alicyclic amines) is 1. The van der Waals surface area contributed by atoms with Crippen molar-refractivity contribution in [2.45, 2.75) is 25.3 Å². The van der Waals surface area contributed by atoms with Crippen LogP contribution in [0.25, 0.3) is 0 Å². The van der Waals surface area contributed by atoms with Crippen molar-refractivity contribution in [2.24, 2.45) is 0 Å².